The van der Waals surface area contributed by atoms with E-state index in [1.54, 1.807) is 24.4 Å². The molecule has 0 saturated carbocycles. The number of hydrogen-bond acceptors (Lipinski definition) is 2. The SMILES string of the molecule is C=C(F)C(=O)Nc1ccc(C)cc1.CC.CC.CC(C)c1ccc(F)nc1. The number of anilines is 1. The van der Waals surface area contributed by atoms with Gasteiger partial charge >= 0.3 is 0 Å². The van der Waals surface area contributed by atoms with Gasteiger partial charge in [-0.05, 0) is 36.6 Å². The highest BCUT2D eigenvalue weighted by Crippen LogP contribution is 2.11. The van der Waals surface area contributed by atoms with Crippen LogP contribution in [0.15, 0.2) is 55.0 Å². The summed E-state index contributed by atoms with van der Waals surface area (Å²) >= 11 is 0. The van der Waals surface area contributed by atoms with Gasteiger partial charge in [-0.15, -0.1) is 0 Å². The molecule has 0 aliphatic heterocycles. The molecule has 2 aromatic rings. The maximum absolute atomic E-state index is 12.3. The maximum atomic E-state index is 12.3. The first-order chi connectivity index (χ1) is 12.8. The van der Waals surface area contributed by atoms with E-state index in [0.717, 1.165) is 11.1 Å². The van der Waals surface area contributed by atoms with Crippen LogP contribution < -0.4 is 5.32 Å². The molecule has 0 spiro atoms. The minimum Gasteiger partial charge on any atom is -0.320 e. The number of benzene rings is 1. The second-order valence-electron chi connectivity index (χ2n) is 5.29. The van der Waals surface area contributed by atoms with Crippen molar-refractivity contribution in [2.45, 2.75) is 54.4 Å². The van der Waals surface area contributed by atoms with Gasteiger partial charge < -0.3 is 5.32 Å². The van der Waals surface area contributed by atoms with Gasteiger partial charge in [-0.3, -0.25) is 4.79 Å². The average molecular weight is 379 g/mol. The predicted molar refractivity (Wildman–Crippen MR) is 111 cm³/mol. The van der Waals surface area contributed by atoms with E-state index in [-0.39, 0.29) is 0 Å². The molecule has 0 saturated heterocycles. The minimum absolute atomic E-state index is 0.413. The highest BCUT2D eigenvalue weighted by molar-refractivity contribution is 6.01. The van der Waals surface area contributed by atoms with Gasteiger partial charge in [0.15, 0.2) is 5.83 Å². The summed E-state index contributed by atoms with van der Waals surface area (Å²) in [5, 5.41) is 2.36. The number of halogens is 2. The Balaban J connectivity index is 0. The zero-order valence-electron chi connectivity index (χ0n) is 17.4. The smallest absolute Gasteiger partial charge is 0.283 e. The van der Waals surface area contributed by atoms with E-state index >= 15 is 0 Å². The van der Waals surface area contributed by atoms with Gasteiger partial charge in [0.25, 0.3) is 5.91 Å². The van der Waals surface area contributed by atoms with Crippen molar-refractivity contribution in [2.24, 2.45) is 0 Å². The summed E-state index contributed by atoms with van der Waals surface area (Å²) in [6.45, 7) is 16.9. The largest absolute Gasteiger partial charge is 0.320 e. The number of nitrogens with one attached hydrogen (secondary N) is 1. The molecule has 5 heteroatoms. The molecule has 3 nitrogen and oxygen atoms in total. The molecule has 1 aromatic carbocycles. The van der Waals surface area contributed by atoms with E-state index in [1.807, 2.05) is 46.8 Å². The van der Waals surface area contributed by atoms with Gasteiger partial charge in [0.1, 0.15) is 0 Å². The molecule has 150 valence electrons. The molecule has 27 heavy (non-hydrogen) atoms. The zero-order chi connectivity index (χ0) is 21.4. The van der Waals surface area contributed by atoms with E-state index < -0.39 is 17.7 Å². The summed E-state index contributed by atoms with van der Waals surface area (Å²) in [4.78, 5) is 14.3. The van der Waals surface area contributed by atoms with Crippen molar-refractivity contribution >= 4 is 11.6 Å². The van der Waals surface area contributed by atoms with Crippen LogP contribution in [0.5, 0.6) is 0 Å². The first-order valence-corrected chi connectivity index (χ1v) is 9.13. The van der Waals surface area contributed by atoms with Crippen LogP contribution in [0, 0.1) is 12.9 Å². The molecule has 0 aliphatic rings. The molecule has 0 unspecified atom stereocenters. The topological polar surface area (TPSA) is 42.0 Å². The normalized spacial score (nSPS) is 8.81. The van der Waals surface area contributed by atoms with E-state index in [2.05, 4.69) is 30.7 Å². The molecular formula is C22H32F2N2O. The minimum atomic E-state index is -0.986. The Labute approximate surface area is 162 Å². The van der Waals surface area contributed by atoms with Crippen molar-refractivity contribution in [3.8, 4) is 0 Å². The number of pyridine rings is 1. The second-order valence-corrected chi connectivity index (χ2v) is 5.29. The summed E-state index contributed by atoms with van der Waals surface area (Å²) in [7, 11) is 0. The number of rotatable bonds is 3. The number of amides is 1. The highest BCUT2D eigenvalue weighted by Gasteiger charge is 2.04. The number of nitrogens with zero attached hydrogens (tertiary/aromatic N) is 1. The summed E-state index contributed by atoms with van der Waals surface area (Å²) in [5.74, 6) is -1.78. The van der Waals surface area contributed by atoms with Gasteiger partial charge in [0.05, 0.1) is 0 Å². The molecule has 1 amide bonds. The van der Waals surface area contributed by atoms with E-state index in [4.69, 9.17) is 0 Å². The van der Waals surface area contributed by atoms with Crippen LogP contribution in [0.3, 0.4) is 0 Å². The predicted octanol–water partition coefficient (Wildman–Crippen LogP) is 6.81. The monoisotopic (exact) mass is 378 g/mol. The number of hydrogen-bond donors (Lipinski definition) is 1. The van der Waals surface area contributed by atoms with E-state index in [1.165, 1.54) is 6.07 Å². The van der Waals surface area contributed by atoms with Crippen LogP contribution >= 0.6 is 0 Å². The third-order valence-corrected chi connectivity index (χ3v) is 2.97. The first-order valence-electron chi connectivity index (χ1n) is 9.13. The highest BCUT2D eigenvalue weighted by atomic mass is 19.1. The van der Waals surface area contributed by atoms with Crippen LogP contribution in [-0.4, -0.2) is 10.9 Å². The molecule has 1 aromatic heterocycles. The fourth-order valence-electron chi connectivity index (χ4n) is 1.56. The summed E-state index contributed by atoms with van der Waals surface area (Å²) < 4.78 is 24.5. The zero-order valence-corrected chi connectivity index (χ0v) is 17.4. The molecule has 2 rings (SSSR count). The number of carbonyl (C=O) groups is 1. The van der Waals surface area contributed by atoms with Crippen LogP contribution in [0.4, 0.5) is 14.5 Å². The fourth-order valence-corrected chi connectivity index (χ4v) is 1.56. The molecule has 0 atom stereocenters. The van der Waals surface area contributed by atoms with Crippen LogP contribution in [0.2, 0.25) is 0 Å². The Morgan fingerprint density at radius 3 is 1.93 bits per heavy atom. The number of carbonyl (C=O) groups excluding carboxylic acids is 1. The van der Waals surface area contributed by atoms with E-state index in [0.29, 0.717) is 11.6 Å². The lowest BCUT2D eigenvalue weighted by molar-refractivity contribution is -0.114. The van der Waals surface area contributed by atoms with Crippen molar-refractivity contribution in [1.29, 1.82) is 0 Å². The van der Waals surface area contributed by atoms with Crippen molar-refractivity contribution in [3.63, 3.8) is 0 Å². The molecule has 0 aliphatic carbocycles. The molecule has 1 heterocycles. The lowest BCUT2D eigenvalue weighted by atomic mass is 10.1. The third kappa shape index (κ3) is 12.4. The van der Waals surface area contributed by atoms with E-state index in [9.17, 15) is 13.6 Å². The fraction of sp³-hybridized carbons (Fsp3) is 0.364. The van der Waals surface area contributed by atoms with Gasteiger partial charge in [-0.25, -0.2) is 9.37 Å². The Morgan fingerprint density at radius 1 is 1.04 bits per heavy atom. The number of aryl methyl sites for hydroxylation is 1. The first kappa shape index (κ1) is 26.7. The Kier molecular flexibility index (Phi) is 15.5. The number of aromatic nitrogens is 1. The molecule has 0 fully saturated rings. The Bertz CT molecular complexity index is 651. The second kappa shape index (κ2) is 15.7. The van der Waals surface area contributed by atoms with Gasteiger partial charge in [-0.2, -0.15) is 4.39 Å². The maximum Gasteiger partial charge on any atom is 0.283 e. The lowest BCUT2D eigenvalue weighted by Crippen LogP contribution is -2.10. The molecular weight excluding hydrogens is 346 g/mol. The van der Waals surface area contributed by atoms with Crippen LogP contribution in [0.25, 0.3) is 0 Å². The molecule has 0 radical (unpaired) electrons. The summed E-state index contributed by atoms with van der Waals surface area (Å²) in [6.07, 6.45) is 1.57. The van der Waals surface area contributed by atoms with Gasteiger partial charge in [0.2, 0.25) is 5.95 Å². The van der Waals surface area contributed by atoms with Crippen molar-refractivity contribution in [1.82, 2.24) is 4.98 Å². The van der Waals surface area contributed by atoms with Crippen LogP contribution in [-0.2, 0) is 4.79 Å². The van der Waals surface area contributed by atoms with Gasteiger partial charge in [-0.1, -0.05) is 71.9 Å². The average Bonchev–Trinajstić information content (AvgIpc) is 2.67. The third-order valence-electron chi connectivity index (χ3n) is 2.97. The summed E-state index contributed by atoms with van der Waals surface area (Å²) in [5.41, 5.74) is 2.72. The molecule has 0 bridgehead atoms. The Morgan fingerprint density at radius 2 is 1.56 bits per heavy atom. The molecule has 1 N–H and O–H groups in total. The quantitative estimate of drug-likeness (QED) is 0.471. The van der Waals surface area contributed by atoms with Crippen molar-refractivity contribution in [3.05, 3.63) is 72.1 Å². The summed E-state index contributed by atoms with van der Waals surface area (Å²) in [6, 6.07) is 10.2. The van der Waals surface area contributed by atoms with Crippen LogP contribution in [0.1, 0.15) is 58.6 Å². The Hall–Kier alpha value is -2.56. The van der Waals surface area contributed by atoms with Gasteiger partial charge in [0, 0.05) is 11.9 Å². The van der Waals surface area contributed by atoms with Crippen molar-refractivity contribution < 1.29 is 13.6 Å². The van der Waals surface area contributed by atoms with Crippen molar-refractivity contribution in [2.75, 3.05) is 5.32 Å². The standard InChI is InChI=1S/C10H10FNO.C8H10FN.2C2H6/c1-7-3-5-9(6-4-7)12-10(13)8(2)11;1-6(2)7-3-4-8(9)10-5-7;2*1-2/h3-6H,2H2,1H3,(H,12,13);3-6H,1-2H3;2*1-2H3. The lowest BCUT2D eigenvalue weighted by Gasteiger charge is -2.02.